The largest absolute Gasteiger partial charge is 0.332 e. The van der Waals surface area contributed by atoms with Crippen molar-refractivity contribution < 1.29 is 9.59 Å². The highest BCUT2D eigenvalue weighted by Crippen LogP contribution is 2.25. The van der Waals surface area contributed by atoms with E-state index in [1.54, 1.807) is 12.1 Å². The van der Waals surface area contributed by atoms with Gasteiger partial charge in [-0.1, -0.05) is 0 Å². The number of nitrogens with one attached hydrogen (secondary N) is 2. The monoisotopic (exact) mass is 382 g/mol. The Morgan fingerprint density at radius 2 is 1.96 bits per heavy atom. The molecule has 10 heteroatoms. The molecule has 3 aromatic rings. The Balaban J connectivity index is 1.59. The lowest BCUT2D eigenvalue weighted by Crippen LogP contribution is -2.37. The van der Waals surface area contributed by atoms with Gasteiger partial charge in [0.2, 0.25) is 11.8 Å². The molecular formula is C18H18N6O4. The third-order valence-corrected chi connectivity index (χ3v) is 4.82. The Bertz CT molecular complexity index is 1250. The van der Waals surface area contributed by atoms with Gasteiger partial charge in [-0.25, -0.2) is 9.78 Å². The van der Waals surface area contributed by atoms with Gasteiger partial charge in [0.1, 0.15) is 6.54 Å². The van der Waals surface area contributed by atoms with Gasteiger partial charge in [-0.3, -0.25) is 23.5 Å². The number of rotatable bonds is 3. The maximum absolute atomic E-state index is 12.5. The van der Waals surface area contributed by atoms with Crippen molar-refractivity contribution >= 4 is 34.4 Å². The smallest absolute Gasteiger partial charge is 0.326 e. The minimum Gasteiger partial charge on any atom is -0.326 e. The first-order chi connectivity index (χ1) is 13.3. The molecule has 0 bridgehead atoms. The fraction of sp³-hybridized carbons (Fsp3) is 0.278. The fourth-order valence-corrected chi connectivity index (χ4v) is 3.33. The second-order valence-corrected chi connectivity index (χ2v) is 6.72. The molecule has 0 aliphatic carbocycles. The second-order valence-electron chi connectivity index (χ2n) is 6.72. The summed E-state index contributed by atoms with van der Waals surface area (Å²) < 4.78 is 3.67. The first kappa shape index (κ1) is 17.7. The maximum atomic E-state index is 12.5. The molecule has 28 heavy (non-hydrogen) atoms. The van der Waals surface area contributed by atoms with Crippen molar-refractivity contribution in [2.45, 2.75) is 19.4 Å². The molecule has 144 valence electrons. The molecule has 0 fully saturated rings. The van der Waals surface area contributed by atoms with Gasteiger partial charge in [0.05, 0.1) is 6.33 Å². The number of nitrogens with zero attached hydrogens (tertiary/aromatic N) is 4. The summed E-state index contributed by atoms with van der Waals surface area (Å²) in [7, 11) is 2.90. The number of fused-ring (bicyclic) bond motifs is 2. The Labute approximate surface area is 158 Å². The normalized spacial score (nSPS) is 13.3. The van der Waals surface area contributed by atoms with Gasteiger partial charge in [-0.2, -0.15) is 0 Å². The molecule has 1 aliphatic heterocycles. The van der Waals surface area contributed by atoms with Crippen molar-refractivity contribution in [1.82, 2.24) is 18.7 Å². The predicted molar refractivity (Wildman–Crippen MR) is 102 cm³/mol. The lowest BCUT2D eigenvalue weighted by atomic mass is 10.0. The van der Waals surface area contributed by atoms with Crippen LogP contribution in [-0.2, 0) is 36.6 Å². The van der Waals surface area contributed by atoms with Crippen molar-refractivity contribution in [3.8, 4) is 0 Å². The first-order valence-corrected chi connectivity index (χ1v) is 8.68. The van der Waals surface area contributed by atoms with Crippen LogP contribution in [0.25, 0.3) is 11.2 Å². The molecule has 1 aromatic carbocycles. The number of amides is 2. The lowest BCUT2D eigenvalue weighted by molar-refractivity contribution is -0.117. The van der Waals surface area contributed by atoms with Crippen LogP contribution in [0.4, 0.5) is 11.4 Å². The number of imidazole rings is 1. The van der Waals surface area contributed by atoms with Gasteiger partial charge >= 0.3 is 5.69 Å². The van der Waals surface area contributed by atoms with E-state index in [9.17, 15) is 19.2 Å². The predicted octanol–water partition coefficient (Wildman–Crippen LogP) is -0.0429. The third-order valence-electron chi connectivity index (χ3n) is 4.82. The number of carbonyl (C=O) groups excluding carboxylic acids is 2. The average molecular weight is 382 g/mol. The van der Waals surface area contributed by atoms with E-state index in [0.717, 1.165) is 15.8 Å². The molecule has 3 heterocycles. The van der Waals surface area contributed by atoms with E-state index >= 15 is 0 Å². The number of aryl methyl sites for hydroxylation is 2. The number of hydrogen-bond donors (Lipinski definition) is 2. The van der Waals surface area contributed by atoms with Crippen LogP contribution < -0.4 is 21.9 Å². The lowest BCUT2D eigenvalue weighted by Gasteiger charge is -2.17. The van der Waals surface area contributed by atoms with Crippen LogP contribution in [-0.4, -0.2) is 30.5 Å². The highest BCUT2D eigenvalue weighted by molar-refractivity contribution is 5.95. The van der Waals surface area contributed by atoms with Crippen molar-refractivity contribution in [2.24, 2.45) is 14.1 Å². The third kappa shape index (κ3) is 2.88. The number of benzene rings is 1. The fourth-order valence-electron chi connectivity index (χ4n) is 3.33. The summed E-state index contributed by atoms with van der Waals surface area (Å²) in [6.45, 7) is -0.127. The van der Waals surface area contributed by atoms with E-state index in [-0.39, 0.29) is 29.5 Å². The minimum absolute atomic E-state index is 0.0211. The van der Waals surface area contributed by atoms with Crippen molar-refractivity contribution in [1.29, 1.82) is 0 Å². The quantitative estimate of drug-likeness (QED) is 0.658. The van der Waals surface area contributed by atoms with Crippen molar-refractivity contribution in [2.75, 3.05) is 10.6 Å². The zero-order valence-electron chi connectivity index (χ0n) is 15.4. The van der Waals surface area contributed by atoms with E-state index < -0.39 is 11.2 Å². The molecule has 1 aliphatic rings. The molecule has 0 atom stereocenters. The van der Waals surface area contributed by atoms with Crippen LogP contribution in [0.2, 0.25) is 0 Å². The van der Waals surface area contributed by atoms with Gasteiger partial charge in [0.25, 0.3) is 5.56 Å². The highest BCUT2D eigenvalue weighted by atomic mass is 16.2. The number of aromatic nitrogens is 4. The van der Waals surface area contributed by atoms with Crippen LogP contribution in [0.5, 0.6) is 0 Å². The molecule has 10 nitrogen and oxygen atoms in total. The molecule has 4 rings (SSSR count). The van der Waals surface area contributed by atoms with Gasteiger partial charge in [-0.15, -0.1) is 0 Å². The SMILES string of the molecule is Cn1c(=O)c2c(ncn2CC(=O)Nc2ccc3c(c2)CCC(=O)N3)n(C)c1=O. The topological polar surface area (TPSA) is 120 Å². The van der Waals surface area contributed by atoms with Crippen LogP contribution in [0, 0.1) is 0 Å². The number of anilines is 2. The highest BCUT2D eigenvalue weighted by Gasteiger charge is 2.17. The maximum Gasteiger partial charge on any atom is 0.332 e. The van der Waals surface area contributed by atoms with E-state index in [4.69, 9.17) is 0 Å². The summed E-state index contributed by atoms with van der Waals surface area (Å²) >= 11 is 0. The molecule has 0 radical (unpaired) electrons. The molecule has 2 aromatic heterocycles. The zero-order chi connectivity index (χ0) is 20.0. The summed E-state index contributed by atoms with van der Waals surface area (Å²) in [4.78, 5) is 52.4. The van der Waals surface area contributed by atoms with Gasteiger partial charge < -0.3 is 15.2 Å². The van der Waals surface area contributed by atoms with Crippen LogP contribution in [0.15, 0.2) is 34.1 Å². The van der Waals surface area contributed by atoms with Crippen molar-refractivity contribution in [3.05, 3.63) is 50.9 Å². The van der Waals surface area contributed by atoms with E-state index in [2.05, 4.69) is 15.6 Å². The average Bonchev–Trinajstić information content (AvgIpc) is 3.08. The molecule has 0 saturated carbocycles. The Morgan fingerprint density at radius 3 is 2.75 bits per heavy atom. The Morgan fingerprint density at radius 1 is 1.18 bits per heavy atom. The van der Waals surface area contributed by atoms with E-state index in [0.29, 0.717) is 18.5 Å². The molecule has 2 N–H and O–H groups in total. The summed E-state index contributed by atoms with van der Waals surface area (Å²) in [5, 5.41) is 5.58. The number of hydrogen-bond acceptors (Lipinski definition) is 5. The molecular weight excluding hydrogens is 364 g/mol. The standard InChI is InChI=1S/C18H18N6O4/c1-22-16-15(17(27)23(2)18(22)28)24(9-19-16)8-14(26)20-11-4-5-12-10(7-11)3-6-13(25)21-12/h4-5,7,9H,3,6,8H2,1-2H3,(H,20,26)(H,21,25). The van der Waals surface area contributed by atoms with Crippen LogP contribution >= 0.6 is 0 Å². The summed E-state index contributed by atoms with van der Waals surface area (Å²) in [6.07, 6.45) is 2.39. The molecule has 0 spiro atoms. The summed E-state index contributed by atoms with van der Waals surface area (Å²) in [5.41, 5.74) is 1.73. The summed E-state index contributed by atoms with van der Waals surface area (Å²) in [6, 6.07) is 5.28. The van der Waals surface area contributed by atoms with Crippen LogP contribution in [0.3, 0.4) is 0 Å². The van der Waals surface area contributed by atoms with E-state index in [1.165, 1.54) is 29.6 Å². The Hall–Kier alpha value is -3.69. The van der Waals surface area contributed by atoms with Crippen molar-refractivity contribution in [3.63, 3.8) is 0 Å². The zero-order valence-corrected chi connectivity index (χ0v) is 15.4. The molecule has 0 unspecified atom stereocenters. The van der Waals surface area contributed by atoms with Gasteiger partial charge in [-0.05, 0) is 30.2 Å². The number of carbonyl (C=O) groups is 2. The van der Waals surface area contributed by atoms with E-state index in [1.807, 2.05) is 6.07 Å². The molecule has 2 amide bonds. The van der Waals surface area contributed by atoms with Crippen LogP contribution in [0.1, 0.15) is 12.0 Å². The first-order valence-electron chi connectivity index (χ1n) is 8.68. The van der Waals surface area contributed by atoms with Gasteiger partial charge in [0, 0.05) is 31.9 Å². The molecule has 0 saturated heterocycles. The Kier molecular flexibility index (Phi) is 4.10. The van der Waals surface area contributed by atoms with Gasteiger partial charge in [0.15, 0.2) is 11.2 Å². The second kappa shape index (κ2) is 6.48. The summed E-state index contributed by atoms with van der Waals surface area (Å²) in [5.74, 6) is -0.359. The minimum atomic E-state index is -0.507.